The van der Waals surface area contributed by atoms with Gasteiger partial charge in [-0.3, -0.25) is 0 Å². The molecular formula is C11H22F4N+. The molecule has 1 aliphatic heterocycles. The lowest BCUT2D eigenvalue weighted by Crippen LogP contribution is -2.41. The molecule has 98 valence electrons. The number of alkyl halides is 4. The van der Waals surface area contributed by atoms with Crippen LogP contribution in [0.2, 0.25) is 0 Å². The zero-order valence-electron chi connectivity index (χ0n) is 10.1. The first kappa shape index (κ1) is 15.7. The van der Waals surface area contributed by atoms with Gasteiger partial charge in [-0.05, 0) is 6.42 Å². The molecule has 1 fully saturated rings. The maximum atomic E-state index is 10.4. The maximum Gasteiger partial charge on any atom is 0.298 e. The van der Waals surface area contributed by atoms with Crippen molar-refractivity contribution >= 4 is 0 Å². The molecule has 0 aromatic carbocycles. The molecule has 0 aromatic rings. The molecule has 1 rings (SSSR count). The molecule has 16 heavy (non-hydrogen) atoms. The molecule has 1 heterocycles. The molecule has 0 amide bonds. The van der Waals surface area contributed by atoms with Crippen molar-refractivity contribution in [3.05, 3.63) is 0 Å². The number of likely N-dealkylation sites (tertiary alicyclic amines) is 1. The first-order valence-electron chi connectivity index (χ1n) is 5.81. The highest BCUT2D eigenvalue weighted by Crippen LogP contribution is 2.16. The van der Waals surface area contributed by atoms with Crippen molar-refractivity contribution in [3.8, 4) is 0 Å². The van der Waals surface area contributed by atoms with E-state index in [0.717, 1.165) is 0 Å². The average Bonchev–Trinajstić information content (AvgIpc) is 2.64. The van der Waals surface area contributed by atoms with Crippen molar-refractivity contribution in [1.82, 2.24) is 0 Å². The van der Waals surface area contributed by atoms with Crippen LogP contribution in [0.5, 0.6) is 0 Å². The van der Waals surface area contributed by atoms with Gasteiger partial charge in [-0.1, -0.05) is 13.3 Å². The van der Waals surface area contributed by atoms with Gasteiger partial charge >= 0.3 is 0 Å². The molecule has 0 unspecified atom stereocenters. The molecule has 0 bridgehead atoms. The lowest BCUT2D eigenvalue weighted by molar-refractivity contribution is -0.897. The van der Waals surface area contributed by atoms with Crippen LogP contribution in [0.1, 0.15) is 32.6 Å². The van der Waals surface area contributed by atoms with Gasteiger partial charge in [-0.25, -0.2) is 17.6 Å². The molecular weight excluding hydrogens is 222 g/mol. The van der Waals surface area contributed by atoms with Crippen LogP contribution in [0.3, 0.4) is 0 Å². The van der Waals surface area contributed by atoms with Crippen LogP contribution in [0, 0.1) is 0 Å². The van der Waals surface area contributed by atoms with E-state index in [9.17, 15) is 17.6 Å². The lowest BCUT2D eigenvalue weighted by atomic mass is 10.3. The summed E-state index contributed by atoms with van der Waals surface area (Å²) in [6.07, 6.45) is -1.28. The second-order valence-electron chi connectivity index (χ2n) is 4.52. The molecule has 0 spiro atoms. The molecule has 0 atom stereocenters. The van der Waals surface area contributed by atoms with Crippen molar-refractivity contribution in [2.45, 2.75) is 45.5 Å². The molecule has 0 aliphatic carbocycles. The lowest BCUT2D eigenvalue weighted by Gasteiger charge is -2.28. The Balaban J connectivity index is 0.000000325. The molecule has 0 radical (unpaired) electrons. The molecule has 1 saturated heterocycles. The van der Waals surface area contributed by atoms with Crippen LogP contribution >= 0.6 is 0 Å². The van der Waals surface area contributed by atoms with Crippen LogP contribution in [0.4, 0.5) is 17.6 Å². The summed E-state index contributed by atoms with van der Waals surface area (Å²) < 4.78 is 43.0. The van der Waals surface area contributed by atoms with E-state index in [4.69, 9.17) is 0 Å². The Kier molecular flexibility index (Phi) is 7.72. The van der Waals surface area contributed by atoms with Gasteiger partial charge in [-0.2, -0.15) is 0 Å². The highest BCUT2D eigenvalue weighted by atomic mass is 19.3. The SMILES string of the molecule is CCCC[N+]1(C)CCCC1.FC(F)C(F)F. The van der Waals surface area contributed by atoms with E-state index in [1.165, 1.54) is 49.8 Å². The number of nitrogens with zero attached hydrogens (tertiary/aromatic N) is 1. The first-order chi connectivity index (χ1) is 7.41. The van der Waals surface area contributed by atoms with Crippen molar-refractivity contribution in [3.63, 3.8) is 0 Å². The van der Waals surface area contributed by atoms with E-state index in [1.807, 2.05) is 0 Å². The fourth-order valence-electron chi connectivity index (χ4n) is 1.86. The van der Waals surface area contributed by atoms with Gasteiger partial charge in [0.15, 0.2) is 0 Å². The van der Waals surface area contributed by atoms with E-state index in [1.54, 1.807) is 0 Å². The summed E-state index contributed by atoms with van der Waals surface area (Å²) in [4.78, 5) is 0. The monoisotopic (exact) mass is 244 g/mol. The van der Waals surface area contributed by atoms with Gasteiger partial charge in [0.2, 0.25) is 0 Å². The predicted octanol–water partition coefficient (Wildman–Crippen LogP) is 3.54. The highest BCUT2D eigenvalue weighted by Gasteiger charge is 2.25. The average molecular weight is 244 g/mol. The van der Waals surface area contributed by atoms with Crippen LogP contribution < -0.4 is 0 Å². The predicted molar refractivity (Wildman–Crippen MR) is 56.9 cm³/mol. The summed E-state index contributed by atoms with van der Waals surface area (Å²) in [5.74, 6) is 0. The number of hydrogen-bond acceptors (Lipinski definition) is 0. The molecule has 0 N–H and O–H groups in total. The quantitative estimate of drug-likeness (QED) is 0.524. The van der Waals surface area contributed by atoms with Gasteiger partial charge in [-0.15, -0.1) is 0 Å². The summed E-state index contributed by atoms with van der Waals surface area (Å²) in [5, 5.41) is 0. The second-order valence-corrected chi connectivity index (χ2v) is 4.52. The van der Waals surface area contributed by atoms with Crippen molar-refractivity contribution in [2.24, 2.45) is 0 Å². The Bertz CT molecular complexity index is 161. The normalized spacial score (nSPS) is 18.8. The van der Waals surface area contributed by atoms with E-state index >= 15 is 0 Å². The van der Waals surface area contributed by atoms with Crippen LogP contribution in [-0.2, 0) is 0 Å². The largest absolute Gasteiger partial charge is 0.326 e. The minimum atomic E-state index is -3.48. The van der Waals surface area contributed by atoms with E-state index in [-0.39, 0.29) is 0 Å². The number of unbranched alkanes of at least 4 members (excludes halogenated alkanes) is 1. The van der Waals surface area contributed by atoms with Crippen molar-refractivity contribution in [2.75, 3.05) is 26.7 Å². The fraction of sp³-hybridized carbons (Fsp3) is 1.00. The Morgan fingerprint density at radius 1 is 1.00 bits per heavy atom. The van der Waals surface area contributed by atoms with Gasteiger partial charge < -0.3 is 4.48 Å². The first-order valence-corrected chi connectivity index (χ1v) is 5.81. The van der Waals surface area contributed by atoms with Crippen LogP contribution in [-0.4, -0.2) is 44.0 Å². The summed E-state index contributed by atoms with van der Waals surface area (Å²) in [7, 11) is 2.41. The number of rotatable bonds is 4. The van der Waals surface area contributed by atoms with Crippen LogP contribution in [0.15, 0.2) is 0 Å². The minimum Gasteiger partial charge on any atom is -0.326 e. The zero-order valence-corrected chi connectivity index (χ0v) is 10.1. The van der Waals surface area contributed by atoms with Crippen LogP contribution in [0.25, 0.3) is 0 Å². The summed E-state index contributed by atoms with van der Waals surface area (Å²) in [5.41, 5.74) is 0. The van der Waals surface area contributed by atoms with E-state index in [0.29, 0.717) is 0 Å². The Morgan fingerprint density at radius 3 is 1.75 bits per heavy atom. The third-order valence-electron chi connectivity index (χ3n) is 2.89. The minimum absolute atomic E-state index is 1.36. The van der Waals surface area contributed by atoms with Gasteiger partial charge in [0.25, 0.3) is 12.9 Å². The third-order valence-corrected chi connectivity index (χ3v) is 2.89. The molecule has 5 heteroatoms. The molecule has 1 aliphatic rings. The standard InChI is InChI=1S/C9H20N.C2H2F4/c1-3-4-7-10(2)8-5-6-9-10;3-1(4)2(5)6/h3-9H2,1-2H3;1-2H/q+1;. The number of quaternary nitrogens is 1. The van der Waals surface area contributed by atoms with Gasteiger partial charge in [0, 0.05) is 12.8 Å². The van der Waals surface area contributed by atoms with E-state index in [2.05, 4.69) is 14.0 Å². The zero-order chi connectivity index (χ0) is 12.6. The smallest absolute Gasteiger partial charge is 0.298 e. The van der Waals surface area contributed by atoms with E-state index < -0.39 is 12.9 Å². The molecule has 0 aromatic heterocycles. The summed E-state index contributed by atoms with van der Waals surface area (Å²) >= 11 is 0. The highest BCUT2D eigenvalue weighted by molar-refractivity contribution is 4.51. The summed E-state index contributed by atoms with van der Waals surface area (Å²) in [6.45, 7) is 6.55. The summed E-state index contributed by atoms with van der Waals surface area (Å²) in [6, 6.07) is 0. The van der Waals surface area contributed by atoms with Crippen molar-refractivity contribution < 1.29 is 22.0 Å². The maximum absolute atomic E-state index is 10.4. The number of halogens is 4. The topological polar surface area (TPSA) is 0 Å². The Morgan fingerprint density at radius 2 is 1.44 bits per heavy atom. The van der Waals surface area contributed by atoms with Gasteiger partial charge in [0.1, 0.15) is 0 Å². The third kappa shape index (κ3) is 7.04. The van der Waals surface area contributed by atoms with Gasteiger partial charge in [0.05, 0.1) is 26.7 Å². The fourth-order valence-corrected chi connectivity index (χ4v) is 1.86. The second kappa shape index (κ2) is 7.87. The molecule has 0 saturated carbocycles. The molecule has 1 nitrogen and oxygen atoms in total. The number of hydrogen-bond donors (Lipinski definition) is 0. The Hall–Kier alpha value is -0.320. The Labute approximate surface area is 95.0 Å². The van der Waals surface area contributed by atoms with Crippen molar-refractivity contribution in [1.29, 1.82) is 0 Å².